The third-order valence-corrected chi connectivity index (χ3v) is 5.46. The average Bonchev–Trinajstić information content (AvgIpc) is 3.16. The number of hydrogen-bond acceptors (Lipinski definition) is 4. The van der Waals surface area contributed by atoms with Crippen molar-refractivity contribution in [2.75, 3.05) is 19.5 Å². The van der Waals surface area contributed by atoms with Crippen LogP contribution in [0.3, 0.4) is 0 Å². The molecular formula is C19H19N3O4S. The smallest absolute Gasteiger partial charge is 0.248 e. The van der Waals surface area contributed by atoms with Crippen LogP contribution in [0.4, 0.5) is 5.69 Å². The van der Waals surface area contributed by atoms with Gasteiger partial charge in [-0.2, -0.15) is 0 Å². The molecule has 0 aliphatic rings. The zero-order valence-electron chi connectivity index (χ0n) is 14.8. The first kappa shape index (κ1) is 18.7. The van der Waals surface area contributed by atoms with E-state index < -0.39 is 10.0 Å². The van der Waals surface area contributed by atoms with E-state index in [1.165, 1.54) is 26.3 Å². The quantitative estimate of drug-likeness (QED) is 0.568. The van der Waals surface area contributed by atoms with Crippen molar-refractivity contribution < 1.29 is 17.9 Å². The van der Waals surface area contributed by atoms with Gasteiger partial charge in [-0.25, -0.2) is 13.1 Å². The number of ether oxygens (including phenoxy) is 1. The van der Waals surface area contributed by atoms with Crippen molar-refractivity contribution in [1.29, 1.82) is 0 Å². The maximum Gasteiger partial charge on any atom is 0.248 e. The van der Waals surface area contributed by atoms with Gasteiger partial charge in [-0.1, -0.05) is 12.1 Å². The Bertz CT molecular complexity index is 1120. The summed E-state index contributed by atoms with van der Waals surface area (Å²) in [6.45, 7) is 0. The van der Waals surface area contributed by atoms with Crippen LogP contribution in [0.25, 0.3) is 17.0 Å². The van der Waals surface area contributed by atoms with E-state index in [4.69, 9.17) is 4.74 Å². The summed E-state index contributed by atoms with van der Waals surface area (Å²) in [7, 11) is -0.958. The molecule has 140 valence electrons. The maximum absolute atomic E-state index is 12.2. The molecule has 1 heterocycles. The zero-order valence-corrected chi connectivity index (χ0v) is 15.6. The highest BCUT2D eigenvalue weighted by Gasteiger charge is 2.17. The predicted molar refractivity (Wildman–Crippen MR) is 105 cm³/mol. The molecule has 0 aliphatic heterocycles. The third-order valence-electron chi connectivity index (χ3n) is 4.03. The maximum atomic E-state index is 12.2. The van der Waals surface area contributed by atoms with Crippen molar-refractivity contribution in [3.63, 3.8) is 0 Å². The second kappa shape index (κ2) is 7.65. The Morgan fingerprint density at radius 3 is 2.74 bits per heavy atom. The van der Waals surface area contributed by atoms with Crippen molar-refractivity contribution in [2.24, 2.45) is 0 Å². The van der Waals surface area contributed by atoms with E-state index in [0.717, 1.165) is 10.9 Å². The molecule has 3 N–H and O–H groups in total. The molecule has 0 saturated carbocycles. The monoisotopic (exact) mass is 385 g/mol. The number of aromatic amines is 1. The molecular weight excluding hydrogens is 366 g/mol. The van der Waals surface area contributed by atoms with E-state index in [2.05, 4.69) is 15.0 Å². The summed E-state index contributed by atoms with van der Waals surface area (Å²) in [6.07, 6.45) is 4.70. The fourth-order valence-electron chi connectivity index (χ4n) is 2.66. The molecule has 0 bridgehead atoms. The number of sulfonamides is 1. The Kier molecular flexibility index (Phi) is 5.29. The van der Waals surface area contributed by atoms with Crippen LogP contribution in [0.15, 0.2) is 59.6 Å². The van der Waals surface area contributed by atoms with Gasteiger partial charge in [0.05, 0.1) is 12.8 Å². The van der Waals surface area contributed by atoms with Crippen LogP contribution in [-0.4, -0.2) is 33.5 Å². The van der Waals surface area contributed by atoms with Crippen molar-refractivity contribution in [1.82, 2.24) is 9.71 Å². The number of amides is 1. The molecule has 0 unspecified atom stereocenters. The summed E-state index contributed by atoms with van der Waals surface area (Å²) in [5, 5.41) is 3.73. The van der Waals surface area contributed by atoms with Crippen molar-refractivity contribution >= 4 is 38.6 Å². The number of benzene rings is 2. The number of rotatable bonds is 6. The lowest BCUT2D eigenvalue weighted by Crippen LogP contribution is -2.19. The number of aromatic nitrogens is 1. The van der Waals surface area contributed by atoms with Crippen LogP contribution in [0.5, 0.6) is 5.75 Å². The molecule has 0 aliphatic carbocycles. The number of hydrogen-bond donors (Lipinski definition) is 3. The van der Waals surface area contributed by atoms with Gasteiger partial charge < -0.3 is 15.0 Å². The molecule has 2 aromatic carbocycles. The van der Waals surface area contributed by atoms with Gasteiger partial charge >= 0.3 is 0 Å². The second-order valence-electron chi connectivity index (χ2n) is 5.68. The first-order valence-corrected chi connectivity index (χ1v) is 9.59. The van der Waals surface area contributed by atoms with Crippen molar-refractivity contribution in [3.8, 4) is 5.75 Å². The molecule has 0 radical (unpaired) electrons. The van der Waals surface area contributed by atoms with Gasteiger partial charge in [0.2, 0.25) is 15.9 Å². The number of methoxy groups -OCH3 is 1. The van der Waals surface area contributed by atoms with E-state index in [9.17, 15) is 13.2 Å². The number of carbonyl (C=O) groups is 1. The molecule has 0 atom stereocenters. The Morgan fingerprint density at radius 2 is 2.00 bits per heavy atom. The van der Waals surface area contributed by atoms with E-state index in [0.29, 0.717) is 11.3 Å². The topological polar surface area (TPSA) is 100 Å². The molecule has 0 saturated heterocycles. The minimum atomic E-state index is -3.68. The van der Waals surface area contributed by atoms with Gasteiger partial charge in [0.1, 0.15) is 10.6 Å². The summed E-state index contributed by atoms with van der Waals surface area (Å²) in [4.78, 5) is 15.3. The number of anilines is 1. The summed E-state index contributed by atoms with van der Waals surface area (Å²) < 4.78 is 31.6. The first-order valence-electron chi connectivity index (χ1n) is 8.11. The molecule has 7 nitrogen and oxygen atoms in total. The Labute approximate surface area is 157 Å². The third kappa shape index (κ3) is 4.02. The molecule has 1 aromatic heterocycles. The molecule has 8 heteroatoms. The SMILES string of the molecule is CNS(=O)(=O)c1cc(/C=C/C(=O)Nc2cccc3[nH]ccc23)ccc1OC. The minimum Gasteiger partial charge on any atom is -0.495 e. The van der Waals surface area contributed by atoms with Gasteiger partial charge in [0.25, 0.3) is 0 Å². The number of carbonyl (C=O) groups excluding carboxylic acids is 1. The zero-order chi connectivity index (χ0) is 19.4. The lowest BCUT2D eigenvalue weighted by molar-refractivity contribution is -0.111. The van der Waals surface area contributed by atoms with E-state index >= 15 is 0 Å². The van der Waals surface area contributed by atoms with Crippen LogP contribution >= 0.6 is 0 Å². The molecule has 27 heavy (non-hydrogen) atoms. The Balaban J connectivity index is 1.82. The lowest BCUT2D eigenvalue weighted by atomic mass is 10.2. The molecule has 1 amide bonds. The van der Waals surface area contributed by atoms with Gasteiger partial charge in [-0.05, 0) is 49.0 Å². The van der Waals surface area contributed by atoms with Gasteiger partial charge in [0, 0.05) is 23.2 Å². The highest BCUT2D eigenvalue weighted by molar-refractivity contribution is 7.89. The Hall–Kier alpha value is -3.10. The number of H-pyrrole nitrogens is 1. The summed E-state index contributed by atoms with van der Waals surface area (Å²) in [5.74, 6) is -0.0948. The summed E-state index contributed by atoms with van der Waals surface area (Å²) >= 11 is 0. The Morgan fingerprint density at radius 1 is 1.19 bits per heavy atom. The highest BCUT2D eigenvalue weighted by atomic mass is 32.2. The van der Waals surface area contributed by atoms with Crippen LogP contribution in [0.1, 0.15) is 5.56 Å². The summed E-state index contributed by atoms with van der Waals surface area (Å²) in [6, 6.07) is 12.1. The van der Waals surface area contributed by atoms with Crippen LogP contribution in [0.2, 0.25) is 0 Å². The molecule has 0 spiro atoms. The molecule has 3 aromatic rings. The fraction of sp³-hybridized carbons (Fsp3) is 0.105. The lowest BCUT2D eigenvalue weighted by Gasteiger charge is -2.09. The van der Waals surface area contributed by atoms with Crippen LogP contribution < -0.4 is 14.8 Å². The van der Waals surface area contributed by atoms with Gasteiger partial charge in [0.15, 0.2) is 0 Å². The van der Waals surface area contributed by atoms with Crippen molar-refractivity contribution in [2.45, 2.75) is 4.90 Å². The second-order valence-corrected chi connectivity index (χ2v) is 7.54. The fourth-order valence-corrected chi connectivity index (χ4v) is 3.59. The van der Waals surface area contributed by atoms with Gasteiger partial charge in [-0.15, -0.1) is 0 Å². The van der Waals surface area contributed by atoms with E-state index in [1.807, 2.05) is 24.3 Å². The van der Waals surface area contributed by atoms with E-state index in [1.54, 1.807) is 24.4 Å². The molecule has 0 fully saturated rings. The standard InChI is InChI=1S/C19H19N3O4S/c1-20-27(24,25)18-12-13(6-8-17(18)26-2)7-9-19(23)22-16-5-3-4-15-14(16)10-11-21-15/h3-12,20-21H,1-2H3,(H,22,23)/b9-7+. The van der Waals surface area contributed by atoms with Crippen LogP contribution in [0, 0.1) is 0 Å². The van der Waals surface area contributed by atoms with Gasteiger partial charge in [-0.3, -0.25) is 4.79 Å². The normalized spacial score (nSPS) is 11.8. The van der Waals surface area contributed by atoms with Crippen molar-refractivity contribution in [3.05, 3.63) is 60.3 Å². The number of nitrogens with one attached hydrogen (secondary N) is 3. The molecule has 3 rings (SSSR count). The largest absolute Gasteiger partial charge is 0.495 e. The minimum absolute atomic E-state index is 0.00662. The number of fused-ring (bicyclic) bond motifs is 1. The highest BCUT2D eigenvalue weighted by Crippen LogP contribution is 2.25. The van der Waals surface area contributed by atoms with E-state index in [-0.39, 0.29) is 16.6 Å². The summed E-state index contributed by atoms with van der Waals surface area (Å²) in [5.41, 5.74) is 2.17. The average molecular weight is 385 g/mol. The first-order chi connectivity index (χ1) is 12.9. The van der Waals surface area contributed by atoms with Crippen LogP contribution in [-0.2, 0) is 14.8 Å². The predicted octanol–water partition coefficient (Wildman–Crippen LogP) is 2.74.